The van der Waals surface area contributed by atoms with Gasteiger partial charge in [0, 0.05) is 22.0 Å². The van der Waals surface area contributed by atoms with Crippen LogP contribution in [0.3, 0.4) is 0 Å². The molecule has 2 spiro atoms. The summed E-state index contributed by atoms with van der Waals surface area (Å²) in [7, 11) is 0. The van der Waals surface area contributed by atoms with Crippen molar-refractivity contribution in [1.29, 1.82) is 0 Å². The molecule has 2 nitrogen and oxygen atoms in total. The van der Waals surface area contributed by atoms with Crippen LogP contribution < -0.4 is 4.90 Å². The van der Waals surface area contributed by atoms with Crippen LogP contribution in [-0.4, -0.2) is 0 Å². The summed E-state index contributed by atoms with van der Waals surface area (Å²) in [6.45, 7) is 2.16. The molecule has 0 unspecified atom stereocenters. The average Bonchev–Trinajstić information content (AvgIpc) is 4.19. The van der Waals surface area contributed by atoms with Gasteiger partial charge in [0.25, 0.3) is 0 Å². The van der Waals surface area contributed by atoms with Crippen LogP contribution in [0.15, 0.2) is 235 Å². The second kappa shape index (κ2) is 13.2. The van der Waals surface area contributed by atoms with Crippen LogP contribution in [0.2, 0.25) is 0 Å². The maximum absolute atomic E-state index is 7.31. The Kier molecular flexibility index (Phi) is 7.18. The minimum absolute atomic E-state index is 0.503. The smallest absolute Gasteiger partial charge is 0.160 e. The zero-order chi connectivity index (χ0) is 45.2. The Morgan fingerprint density at radius 3 is 1.38 bits per heavy atom. The van der Waals surface area contributed by atoms with Gasteiger partial charge in [0.05, 0.1) is 22.2 Å². The lowest BCUT2D eigenvalue weighted by molar-refractivity contribution is 0.666. The van der Waals surface area contributed by atoms with Crippen molar-refractivity contribution in [3.63, 3.8) is 0 Å². The molecule has 4 aliphatic rings. The molecule has 4 aliphatic carbocycles. The van der Waals surface area contributed by atoms with E-state index in [0.29, 0.717) is 0 Å². The van der Waals surface area contributed by atoms with Crippen molar-refractivity contribution in [2.45, 2.75) is 17.8 Å². The number of benzene rings is 11. The molecule has 320 valence electrons. The van der Waals surface area contributed by atoms with Gasteiger partial charge >= 0.3 is 0 Å². The molecule has 11 aromatic carbocycles. The highest BCUT2D eigenvalue weighted by molar-refractivity contribution is 6.23. The van der Waals surface area contributed by atoms with Crippen molar-refractivity contribution in [2.75, 3.05) is 4.90 Å². The number of hydrogen-bond acceptors (Lipinski definition) is 2. The molecule has 1 aromatic heterocycles. The van der Waals surface area contributed by atoms with Gasteiger partial charge in [-0.25, -0.2) is 0 Å². The molecule has 0 saturated heterocycles. The summed E-state index contributed by atoms with van der Waals surface area (Å²) in [5, 5.41) is 4.62. The van der Waals surface area contributed by atoms with Gasteiger partial charge in [-0.3, -0.25) is 0 Å². The fourth-order valence-electron chi connectivity index (χ4n) is 13.9. The minimum Gasteiger partial charge on any atom is -0.454 e. The highest BCUT2D eigenvalue weighted by Gasteiger charge is 2.54. The van der Waals surface area contributed by atoms with Gasteiger partial charge in [-0.2, -0.15) is 0 Å². The van der Waals surface area contributed by atoms with E-state index in [-0.39, 0.29) is 0 Å². The Balaban J connectivity index is 1.06. The molecule has 69 heavy (non-hydrogen) atoms. The van der Waals surface area contributed by atoms with E-state index >= 15 is 0 Å². The zero-order valence-electron chi connectivity index (χ0n) is 37.8. The van der Waals surface area contributed by atoms with Crippen LogP contribution in [-0.2, 0) is 10.8 Å². The normalized spacial score (nSPS) is 14.4. The summed E-state index contributed by atoms with van der Waals surface area (Å²) in [4.78, 5) is 2.55. The number of para-hydroxylation sites is 1. The molecule has 0 amide bonds. The standard InChI is InChI=1S/C67H41NO/c1-40-18-16-27-51-62-43-20-3-2-19-41(43)38-61(65(62)69-64(40)51)68(42-36-37-49-48-25-8-14-32-56(48)67(59(49)39-42)54-30-12-6-23-46(54)47-24-7-13-31-55(47)67)60-35-17-34-58-63(60)50-26-9-15-33-57(50)66(58)52-28-10-4-21-44(52)45-22-5-11-29-53(45)66/h2-39H,1H3. The molecular weight excluding hydrogens is 835 g/mol. The van der Waals surface area contributed by atoms with Gasteiger partial charge in [-0.1, -0.05) is 206 Å². The van der Waals surface area contributed by atoms with Crippen molar-refractivity contribution in [2.24, 2.45) is 0 Å². The number of hydrogen-bond donors (Lipinski definition) is 0. The van der Waals surface area contributed by atoms with E-state index in [1.54, 1.807) is 0 Å². The fourth-order valence-corrected chi connectivity index (χ4v) is 13.9. The first kappa shape index (κ1) is 37.4. The number of rotatable bonds is 3. The van der Waals surface area contributed by atoms with E-state index in [9.17, 15) is 0 Å². The molecular formula is C67H41NO. The molecule has 0 N–H and O–H groups in total. The lowest BCUT2D eigenvalue weighted by atomic mass is 9.70. The Labute approximate surface area is 400 Å². The quantitative estimate of drug-likeness (QED) is 0.176. The first-order valence-electron chi connectivity index (χ1n) is 24.2. The second-order valence-electron chi connectivity index (χ2n) is 19.4. The summed E-state index contributed by atoms with van der Waals surface area (Å²) in [6, 6.07) is 86.8. The van der Waals surface area contributed by atoms with E-state index in [4.69, 9.17) is 4.42 Å². The van der Waals surface area contributed by atoms with E-state index in [2.05, 4.69) is 242 Å². The highest BCUT2D eigenvalue weighted by Crippen LogP contribution is 2.67. The molecule has 1 heterocycles. The predicted octanol–water partition coefficient (Wildman–Crippen LogP) is 17.2. The Bertz CT molecular complexity index is 4130. The Hall–Kier alpha value is -8.72. The van der Waals surface area contributed by atoms with Crippen molar-refractivity contribution in [1.82, 2.24) is 0 Å². The van der Waals surface area contributed by atoms with Gasteiger partial charge in [0.15, 0.2) is 5.58 Å². The molecule has 0 bridgehead atoms. The van der Waals surface area contributed by atoms with Crippen LogP contribution in [0.5, 0.6) is 0 Å². The number of anilines is 3. The Morgan fingerprint density at radius 1 is 0.333 bits per heavy atom. The van der Waals surface area contributed by atoms with Crippen LogP contribution in [0.4, 0.5) is 17.1 Å². The zero-order valence-corrected chi connectivity index (χ0v) is 37.8. The number of fused-ring (bicyclic) bond motifs is 25. The molecule has 0 radical (unpaired) electrons. The number of nitrogens with zero attached hydrogens (tertiary/aromatic N) is 1. The fraction of sp³-hybridized carbons (Fsp3) is 0.0448. The number of aryl methyl sites for hydroxylation is 1. The van der Waals surface area contributed by atoms with Gasteiger partial charge in [0.1, 0.15) is 5.58 Å². The van der Waals surface area contributed by atoms with E-state index < -0.39 is 10.8 Å². The van der Waals surface area contributed by atoms with Crippen LogP contribution in [0, 0.1) is 6.92 Å². The van der Waals surface area contributed by atoms with Gasteiger partial charge < -0.3 is 9.32 Å². The molecule has 0 saturated carbocycles. The van der Waals surface area contributed by atoms with E-state index in [1.165, 1.54) is 99.8 Å². The highest BCUT2D eigenvalue weighted by atomic mass is 16.3. The van der Waals surface area contributed by atoms with Gasteiger partial charge in [-0.15, -0.1) is 0 Å². The molecule has 16 rings (SSSR count). The summed E-state index contributed by atoms with van der Waals surface area (Å²) >= 11 is 0. The third-order valence-electron chi connectivity index (χ3n) is 16.4. The first-order valence-corrected chi connectivity index (χ1v) is 24.2. The molecule has 12 aromatic rings. The summed E-state index contributed by atoms with van der Waals surface area (Å²) < 4.78 is 7.31. The lowest BCUT2D eigenvalue weighted by Gasteiger charge is -2.33. The van der Waals surface area contributed by atoms with Gasteiger partial charge in [0.2, 0.25) is 0 Å². The van der Waals surface area contributed by atoms with Gasteiger partial charge in [-0.05, 0) is 131 Å². The van der Waals surface area contributed by atoms with Crippen LogP contribution in [0.25, 0.3) is 77.2 Å². The summed E-state index contributed by atoms with van der Waals surface area (Å²) in [5.74, 6) is 0. The Morgan fingerprint density at radius 2 is 0.783 bits per heavy atom. The molecule has 2 heteroatoms. The van der Waals surface area contributed by atoms with Crippen molar-refractivity contribution < 1.29 is 4.42 Å². The van der Waals surface area contributed by atoms with Crippen LogP contribution in [0.1, 0.15) is 50.1 Å². The first-order chi connectivity index (χ1) is 34.2. The third kappa shape index (κ3) is 4.44. The van der Waals surface area contributed by atoms with E-state index in [0.717, 1.165) is 44.6 Å². The molecule has 0 aliphatic heterocycles. The predicted molar refractivity (Wildman–Crippen MR) is 283 cm³/mol. The minimum atomic E-state index is -0.511. The summed E-state index contributed by atoms with van der Waals surface area (Å²) in [5.41, 5.74) is 25.9. The SMILES string of the molecule is Cc1cccc2c1oc1c(N(c3ccc4c(c3)C3(c5ccccc5-c5ccccc53)c3ccccc3-4)c3cccc4c3-c3ccccc3C43c4ccccc4-c4ccccc43)cc3ccccc3c12. The largest absolute Gasteiger partial charge is 0.454 e. The second-order valence-corrected chi connectivity index (χ2v) is 19.4. The third-order valence-corrected chi connectivity index (χ3v) is 16.4. The average molecular weight is 876 g/mol. The summed E-state index contributed by atoms with van der Waals surface area (Å²) in [6.07, 6.45) is 0. The van der Waals surface area contributed by atoms with E-state index in [1.807, 2.05) is 0 Å². The topological polar surface area (TPSA) is 16.4 Å². The monoisotopic (exact) mass is 875 g/mol. The lowest BCUT2D eigenvalue weighted by Crippen LogP contribution is -2.26. The van der Waals surface area contributed by atoms with Crippen molar-refractivity contribution in [3.8, 4) is 44.5 Å². The number of furan rings is 1. The molecule has 0 atom stereocenters. The van der Waals surface area contributed by atoms with Crippen LogP contribution >= 0.6 is 0 Å². The van der Waals surface area contributed by atoms with Crippen molar-refractivity contribution >= 4 is 49.8 Å². The molecule has 0 fully saturated rings. The maximum Gasteiger partial charge on any atom is 0.160 e. The maximum atomic E-state index is 7.31. The van der Waals surface area contributed by atoms with Crippen molar-refractivity contribution in [3.05, 3.63) is 281 Å².